The molecule has 4 aromatic carbocycles. The molecule has 0 unspecified atom stereocenters. The maximum Gasteiger partial charge on any atom is 0.411 e. The number of aryl methyl sites for hydroxylation is 2. The number of phenols is 1. The molecule has 0 aliphatic carbocycles. The predicted molar refractivity (Wildman–Crippen MR) is 276 cm³/mol. The third-order valence-corrected chi connectivity index (χ3v) is 14.0. The van der Waals surface area contributed by atoms with E-state index < -0.39 is 17.8 Å². The highest BCUT2D eigenvalue weighted by Crippen LogP contribution is 2.43. The molecule has 5 N–H and O–H groups in total. The number of fused-ring (bicyclic) bond motifs is 1. The van der Waals surface area contributed by atoms with E-state index in [0.717, 1.165) is 57.5 Å². The number of H-pyrrole nitrogens is 1. The Kier molecular flexibility index (Phi) is 19.3. The second-order valence-electron chi connectivity index (χ2n) is 18.4. The Morgan fingerprint density at radius 1 is 0.870 bits per heavy atom. The smallest absolute Gasteiger partial charge is 0.411 e. The number of nitrogens with zero attached hydrogens (tertiary/aromatic N) is 2. The summed E-state index contributed by atoms with van der Waals surface area (Å²) in [4.78, 5) is 58.0. The Morgan fingerprint density at radius 2 is 1.58 bits per heavy atom. The number of phenolic OH excluding ortho intramolecular Hbond substituents is 1. The zero-order chi connectivity index (χ0) is 49.5. The number of carbonyl (C=O) groups excluding carboxylic acids is 3. The SMILES string of the molecule is C[Si]OC(O[Si]C)C(C)(C)[C@H](CNCc1cc(C)c(NC(=O)CCCCN(C)C(=O)CCN2CCC(OC(=O)Nc3ccccc3-c3ccccc3)CC2)cc1C)c1ccc(O)c2[nH]c(=O)ccc12. The predicted octanol–water partition coefficient (Wildman–Crippen LogP) is 8.78. The number of piperidine rings is 1. The lowest BCUT2D eigenvalue weighted by Crippen LogP contribution is -2.44. The number of amides is 3. The fourth-order valence-electron chi connectivity index (χ4n) is 9.01. The summed E-state index contributed by atoms with van der Waals surface area (Å²) in [5.74, 6) is -0.124. The molecule has 1 aliphatic rings. The average Bonchev–Trinajstić information content (AvgIpc) is 3.33. The summed E-state index contributed by atoms with van der Waals surface area (Å²) in [6, 6.07) is 28.5. The number of aromatic amines is 1. The van der Waals surface area contributed by atoms with Gasteiger partial charge < -0.3 is 44.1 Å². The Labute approximate surface area is 411 Å². The van der Waals surface area contributed by atoms with Crippen molar-refractivity contribution >= 4 is 59.7 Å². The number of para-hydroxylation sites is 1. The molecule has 366 valence electrons. The molecule has 1 atom stereocenters. The Morgan fingerprint density at radius 3 is 2.30 bits per heavy atom. The number of carbonyl (C=O) groups is 3. The Hall–Kier alpha value is -5.63. The molecule has 1 fully saturated rings. The number of ether oxygens (including phenoxy) is 1. The molecule has 0 saturated carbocycles. The largest absolute Gasteiger partial charge is 0.506 e. The van der Waals surface area contributed by atoms with E-state index in [0.29, 0.717) is 75.9 Å². The highest BCUT2D eigenvalue weighted by atomic mass is 28.2. The zero-order valence-corrected chi connectivity index (χ0v) is 43.1. The second kappa shape index (κ2) is 25.3. The van der Waals surface area contributed by atoms with Crippen LogP contribution in [0.25, 0.3) is 22.0 Å². The molecule has 5 aromatic rings. The van der Waals surface area contributed by atoms with E-state index >= 15 is 0 Å². The first kappa shape index (κ1) is 52.7. The fraction of sp³-hybridized carbons (Fsp3) is 0.434. The first-order valence-electron chi connectivity index (χ1n) is 23.9. The minimum atomic E-state index is -0.514. The molecule has 0 bridgehead atoms. The minimum absolute atomic E-state index is 0.0120. The number of aromatic hydroxyl groups is 1. The molecule has 14 nitrogen and oxygen atoms in total. The van der Waals surface area contributed by atoms with Crippen molar-refractivity contribution in [3.05, 3.63) is 124 Å². The summed E-state index contributed by atoms with van der Waals surface area (Å²) in [5.41, 5.74) is 7.08. The van der Waals surface area contributed by atoms with Crippen LogP contribution in [0.15, 0.2) is 95.8 Å². The summed E-state index contributed by atoms with van der Waals surface area (Å²) >= 11 is 0. The van der Waals surface area contributed by atoms with Crippen LogP contribution in [0.1, 0.15) is 80.5 Å². The number of hydrogen-bond donors (Lipinski definition) is 5. The molecule has 16 heteroatoms. The van der Waals surface area contributed by atoms with Gasteiger partial charge in [0.05, 0.1) is 11.2 Å². The third kappa shape index (κ3) is 14.5. The van der Waals surface area contributed by atoms with Gasteiger partial charge in [0, 0.05) is 93.2 Å². The van der Waals surface area contributed by atoms with E-state index in [-0.39, 0.29) is 54.7 Å². The van der Waals surface area contributed by atoms with E-state index in [2.05, 4.69) is 45.7 Å². The van der Waals surface area contributed by atoms with Crippen LogP contribution in [-0.4, -0.2) is 109 Å². The van der Waals surface area contributed by atoms with Gasteiger partial charge in [0.15, 0.2) is 0 Å². The van der Waals surface area contributed by atoms with Crippen LogP contribution in [0.5, 0.6) is 5.75 Å². The lowest BCUT2D eigenvalue weighted by Gasteiger charge is -2.41. The number of aromatic nitrogens is 1. The summed E-state index contributed by atoms with van der Waals surface area (Å²) in [7, 11) is 2.28. The third-order valence-electron chi connectivity index (χ3n) is 13.1. The van der Waals surface area contributed by atoms with Gasteiger partial charge in [-0.15, -0.1) is 0 Å². The summed E-state index contributed by atoms with van der Waals surface area (Å²) < 4.78 is 18.1. The van der Waals surface area contributed by atoms with E-state index in [9.17, 15) is 24.3 Å². The number of pyridine rings is 1. The van der Waals surface area contributed by atoms with Gasteiger partial charge in [0.2, 0.25) is 36.9 Å². The Balaban J connectivity index is 0.915. The van der Waals surface area contributed by atoms with Crippen molar-refractivity contribution in [2.75, 3.05) is 50.4 Å². The van der Waals surface area contributed by atoms with Crippen molar-refractivity contribution in [1.82, 2.24) is 20.1 Å². The van der Waals surface area contributed by atoms with Crippen molar-refractivity contribution in [3.63, 3.8) is 0 Å². The highest BCUT2D eigenvalue weighted by molar-refractivity contribution is 6.26. The van der Waals surface area contributed by atoms with Gasteiger partial charge in [-0.05, 0) is 105 Å². The maximum absolute atomic E-state index is 13.1. The number of hydrogen-bond acceptors (Lipinski definition) is 10. The number of unbranched alkanes of at least 4 members (excludes halogenated alkanes) is 1. The molecular formula is C53H68N6O8Si2. The molecule has 1 aliphatic heterocycles. The van der Waals surface area contributed by atoms with Gasteiger partial charge in [-0.1, -0.05) is 74.5 Å². The van der Waals surface area contributed by atoms with E-state index in [1.54, 1.807) is 17.0 Å². The standard InChI is InChI=1S/C53H68N6O8Si2/c1-35-32-45(36(2)31-38(35)33-54-34-43(53(3,4)51(66-68-6)67-69-7)41-20-22-46(60)50-42(41)21-23-48(62)57-50)55-47(61)19-13-14-27-58(5)49(63)26-30-59-28-24-39(25-29-59)65-52(64)56-44-18-12-11-17-40(44)37-15-9-8-10-16-37/h8-12,15-18,20-23,31-32,39,43,51,54,60H,13-14,19,24-30,33-34H2,1-7H3,(H,55,61)(H,56,64)(H,57,62)/t43-/m1/s1. The maximum atomic E-state index is 13.1. The summed E-state index contributed by atoms with van der Waals surface area (Å²) in [5, 5.41) is 21.1. The first-order chi connectivity index (χ1) is 33.2. The molecule has 2 heterocycles. The van der Waals surface area contributed by atoms with Crippen molar-refractivity contribution in [1.29, 1.82) is 0 Å². The highest BCUT2D eigenvalue weighted by Gasteiger charge is 2.40. The minimum Gasteiger partial charge on any atom is -0.506 e. The molecule has 3 amide bonds. The number of anilines is 2. The quantitative estimate of drug-likeness (QED) is 0.0242. The van der Waals surface area contributed by atoms with Gasteiger partial charge in [-0.25, -0.2) is 4.79 Å². The van der Waals surface area contributed by atoms with Crippen molar-refractivity contribution in [3.8, 4) is 16.9 Å². The van der Waals surface area contributed by atoms with Crippen LogP contribution in [0.3, 0.4) is 0 Å². The molecular weight excluding hydrogens is 905 g/mol. The van der Waals surface area contributed by atoms with Crippen LogP contribution in [0.4, 0.5) is 16.2 Å². The van der Waals surface area contributed by atoms with Crippen LogP contribution in [0, 0.1) is 19.3 Å². The molecule has 6 rings (SSSR count). The van der Waals surface area contributed by atoms with E-state index in [1.165, 1.54) is 6.07 Å². The van der Waals surface area contributed by atoms with E-state index in [1.807, 2.05) is 101 Å². The van der Waals surface area contributed by atoms with Crippen molar-refractivity contribution < 1.29 is 33.1 Å². The lowest BCUT2D eigenvalue weighted by molar-refractivity contribution is -0.130. The fourth-order valence-corrected chi connectivity index (χ4v) is 10.2. The average molecular weight is 973 g/mol. The normalized spacial score (nSPS) is 13.9. The van der Waals surface area contributed by atoms with Gasteiger partial charge in [-0.2, -0.15) is 0 Å². The number of benzene rings is 4. The van der Waals surface area contributed by atoms with Gasteiger partial charge in [0.1, 0.15) is 18.1 Å². The van der Waals surface area contributed by atoms with Gasteiger partial charge >= 0.3 is 6.09 Å². The van der Waals surface area contributed by atoms with Crippen molar-refractivity contribution in [2.45, 2.75) is 104 Å². The topological polar surface area (TPSA) is 175 Å². The van der Waals surface area contributed by atoms with Crippen LogP contribution < -0.4 is 21.5 Å². The van der Waals surface area contributed by atoms with Crippen LogP contribution in [-0.2, 0) is 29.7 Å². The summed E-state index contributed by atoms with van der Waals surface area (Å²) in [6.07, 6.45) is 2.41. The first-order valence-corrected chi connectivity index (χ1v) is 26.7. The van der Waals surface area contributed by atoms with Gasteiger partial charge in [0.25, 0.3) is 0 Å². The number of likely N-dealkylation sites (tertiary alicyclic amines) is 1. The molecule has 4 radical (unpaired) electrons. The van der Waals surface area contributed by atoms with Gasteiger partial charge in [-0.3, -0.25) is 19.7 Å². The molecule has 1 aromatic heterocycles. The second-order valence-corrected chi connectivity index (χ2v) is 19.7. The van der Waals surface area contributed by atoms with Crippen LogP contribution >= 0.6 is 0 Å². The molecule has 1 saturated heterocycles. The monoisotopic (exact) mass is 972 g/mol. The lowest BCUT2D eigenvalue weighted by atomic mass is 9.73. The molecule has 69 heavy (non-hydrogen) atoms. The number of nitrogens with one attached hydrogen (secondary N) is 4. The Bertz CT molecular complexity index is 2560. The molecule has 0 spiro atoms. The van der Waals surface area contributed by atoms with E-state index in [4.69, 9.17) is 13.6 Å². The van der Waals surface area contributed by atoms with Crippen molar-refractivity contribution in [2.24, 2.45) is 5.41 Å². The zero-order valence-electron chi connectivity index (χ0n) is 41.1. The van der Waals surface area contributed by atoms with Crippen LogP contribution in [0.2, 0.25) is 13.1 Å². The number of rotatable bonds is 23. The summed E-state index contributed by atoms with van der Waals surface area (Å²) in [6.45, 7) is 16.1.